The van der Waals surface area contributed by atoms with Gasteiger partial charge < -0.3 is 9.14 Å². The van der Waals surface area contributed by atoms with Gasteiger partial charge in [0.25, 0.3) is 0 Å². The summed E-state index contributed by atoms with van der Waals surface area (Å²) < 4.78 is 6.58. The molecule has 0 saturated heterocycles. The molecule has 0 spiro atoms. The van der Waals surface area contributed by atoms with E-state index in [1.54, 1.807) is 35.7 Å². The summed E-state index contributed by atoms with van der Waals surface area (Å²) >= 11 is 4.24. The molecule has 0 atom stereocenters. The van der Waals surface area contributed by atoms with Crippen LogP contribution in [-0.2, 0) is 4.74 Å². The Morgan fingerprint density at radius 1 is 1.59 bits per heavy atom. The van der Waals surface area contributed by atoms with Gasteiger partial charge in [0, 0.05) is 6.20 Å². The fraction of sp³-hybridized carbons (Fsp3) is 0.167. The second-order valence-electron chi connectivity index (χ2n) is 3.36. The van der Waals surface area contributed by atoms with Crippen molar-refractivity contribution in [3.05, 3.63) is 35.7 Å². The van der Waals surface area contributed by atoms with Gasteiger partial charge in [-0.1, -0.05) is 6.07 Å². The van der Waals surface area contributed by atoms with Crippen molar-refractivity contribution < 1.29 is 9.53 Å². The Hall–Kier alpha value is -1.93. The molecule has 0 aliphatic rings. The highest BCUT2D eigenvalue weighted by atomic mass is 32.1. The van der Waals surface area contributed by atoms with Crippen molar-refractivity contribution in [2.75, 3.05) is 6.61 Å². The number of carbonyl (C=O) groups excluding carboxylic acids is 1. The molecule has 0 aliphatic carbocycles. The first-order chi connectivity index (χ1) is 8.20. The van der Waals surface area contributed by atoms with Gasteiger partial charge in [-0.05, 0) is 19.1 Å². The van der Waals surface area contributed by atoms with Crippen LogP contribution >= 0.6 is 12.6 Å². The molecule has 0 saturated carbocycles. The summed E-state index contributed by atoms with van der Waals surface area (Å²) in [6, 6.07) is 7.40. The SMILES string of the molecule is CCOC(=O)c1c(S)c(C#N)c2ccccn12. The maximum Gasteiger partial charge on any atom is 0.356 e. The molecular formula is C12H10N2O2S. The third kappa shape index (κ3) is 1.77. The van der Waals surface area contributed by atoms with Crippen LogP contribution in [0.2, 0.25) is 0 Å². The van der Waals surface area contributed by atoms with Gasteiger partial charge in [0.15, 0.2) is 0 Å². The maximum absolute atomic E-state index is 11.8. The third-order valence-corrected chi connectivity index (χ3v) is 2.83. The average molecular weight is 246 g/mol. The Kier molecular flexibility index (Phi) is 3.07. The molecule has 2 aromatic heterocycles. The van der Waals surface area contributed by atoms with E-state index in [1.807, 2.05) is 0 Å². The predicted molar refractivity (Wildman–Crippen MR) is 65.3 cm³/mol. The van der Waals surface area contributed by atoms with Crippen molar-refractivity contribution in [1.29, 1.82) is 5.26 Å². The zero-order chi connectivity index (χ0) is 12.4. The number of nitriles is 1. The van der Waals surface area contributed by atoms with E-state index in [2.05, 4.69) is 18.7 Å². The van der Waals surface area contributed by atoms with E-state index >= 15 is 0 Å². The van der Waals surface area contributed by atoms with Crippen LogP contribution in [0.15, 0.2) is 29.3 Å². The van der Waals surface area contributed by atoms with Gasteiger partial charge in [0.2, 0.25) is 0 Å². The minimum absolute atomic E-state index is 0.286. The number of nitrogens with zero attached hydrogens (tertiary/aromatic N) is 2. The van der Waals surface area contributed by atoms with Crippen molar-refractivity contribution in [2.45, 2.75) is 11.8 Å². The maximum atomic E-state index is 11.8. The van der Waals surface area contributed by atoms with E-state index in [0.717, 1.165) is 0 Å². The summed E-state index contributed by atoms with van der Waals surface area (Å²) in [5.41, 5.74) is 1.34. The highest BCUT2D eigenvalue weighted by Gasteiger charge is 2.21. The Morgan fingerprint density at radius 2 is 2.35 bits per heavy atom. The summed E-state index contributed by atoms with van der Waals surface area (Å²) in [6.45, 7) is 2.02. The molecule has 0 unspecified atom stereocenters. The van der Waals surface area contributed by atoms with Crippen molar-refractivity contribution in [1.82, 2.24) is 4.40 Å². The van der Waals surface area contributed by atoms with Crippen LogP contribution in [0.1, 0.15) is 23.0 Å². The highest BCUT2D eigenvalue weighted by Crippen LogP contribution is 2.26. The molecule has 0 aliphatic heterocycles. The molecule has 0 radical (unpaired) electrons. The fourth-order valence-corrected chi connectivity index (χ4v) is 2.06. The van der Waals surface area contributed by atoms with Crippen molar-refractivity contribution in [2.24, 2.45) is 0 Å². The van der Waals surface area contributed by atoms with Gasteiger partial charge in [-0.25, -0.2) is 4.79 Å². The number of esters is 1. The quantitative estimate of drug-likeness (QED) is 0.653. The number of carbonyl (C=O) groups is 1. The lowest BCUT2D eigenvalue weighted by molar-refractivity contribution is 0.0514. The summed E-state index contributed by atoms with van der Waals surface area (Å²) in [4.78, 5) is 12.2. The summed E-state index contributed by atoms with van der Waals surface area (Å²) in [5, 5.41) is 9.08. The minimum Gasteiger partial charge on any atom is -0.461 e. The standard InChI is InChI=1S/C12H10N2O2S/c1-2-16-12(15)10-11(17)8(7-13)9-5-3-4-6-14(9)10/h3-6,17H,2H2,1H3. The summed E-state index contributed by atoms with van der Waals surface area (Å²) in [6.07, 6.45) is 1.71. The molecule has 0 N–H and O–H groups in total. The monoisotopic (exact) mass is 246 g/mol. The zero-order valence-corrected chi connectivity index (χ0v) is 10.1. The first kappa shape index (κ1) is 11.6. The number of fused-ring (bicyclic) bond motifs is 1. The lowest BCUT2D eigenvalue weighted by Crippen LogP contribution is -2.08. The Labute approximate surface area is 104 Å². The fourth-order valence-electron chi connectivity index (χ4n) is 1.70. The topological polar surface area (TPSA) is 54.5 Å². The van der Waals surface area contributed by atoms with E-state index < -0.39 is 5.97 Å². The molecule has 0 aromatic carbocycles. The number of hydrogen-bond acceptors (Lipinski definition) is 4. The lowest BCUT2D eigenvalue weighted by atomic mass is 10.3. The van der Waals surface area contributed by atoms with E-state index in [4.69, 9.17) is 10.00 Å². The normalized spacial score (nSPS) is 10.2. The van der Waals surface area contributed by atoms with Crippen molar-refractivity contribution >= 4 is 24.1 Å². The molecule has 0 fully saturated rings. The predicted octanol–water partition coefficient (Wildman–Crippen LogP) is 2.28. The summed E-state index contributed by atoms with van der Waals surface area (Å²) in [7, 11) is 0. The van der Waals surface area contributed by atoms with Crippen LogP contribution < -0.4 is 0 Å². The third-order valence-electron chi connectivity index (χ3n) is 2.40. The molecule has 2 heterocycles. The Morgan fingerprint density at radius 3 is 3.00 bits per heavy atom. The smallest absolute Gasteiger partial charge is 0.356 e. The molecule has 2 aromatic rings. The van der Waals surface area contributed by atoms with Crippen molar-refractivity contribution in [3.8, 4) is 6.07 Å². The molecule has 5 heteroatoms. The Bertz CT molecular complexity index is 625. The molecular weight excluding hydrogens is 236 g/mol. The number of pyridine rings is 1. The summed E-state index contributed by atoms with van der Waals surface area (Å²) in [5.74, 6) is -0.472. The lowest BCUT2D eigenvalue weighted by Gasteiger charge is -2.02. The molecule has 17 heavy (non-hydrogen) atoms. The van der Waals surface area contributed by atoms with E-state index in [0.29, 0.717) is 21.7 Å². The van der Waals surface area contributed by atoms with Crippen LogP contribution in [-0.4, -0.2) is 17.0 Å². The van der Waals surface area contributed by atoms with Gasteiger partial charge in [-0.15, -0.1) is 12.6 Å². The van der Waals surface area contributed by atoms with Gasteiger partial charge in [0.05, 0.1) is 22.6 Å². The molecule has 4 nitrogen and oxygen atoms in total. The molecule has 0 bridgehead atoms. The first-order valence-corrected chi connectivity index (χ1v) is 5.54. The number of aromatic nitrogens is 1. The number of ether oxygens (including phenoxy) is 1. The average Bonchev–Trinajstić information content (AvgIpc) is 2.61. The first-order valence-electron chi connectivity index (χ1n) is 5.10. The second-order valence-corrected chi connectivity index (χ2v) is 3.81. The molecule has 86 valence electrons. The van der Waals surface area contributed by atoms with E-state index in [1.165, 1.54) is 0 Å². The van der Waals surface area contributed by atoms with Crippen LogP contribution in [0.25, 0.3) is 5.52 Å². The molecule has 2 rings (SSSR count). The highest BCUT2D eigenvalue weighted by molar-refractivity contribution is 7.80. The number of thiol groups is 1. The van der Waals surface area contributed by atoms with Gasteiger partial charge in [-0.2, -0.15) is 5.26 Å². The van der Waals surface area contributed by atoms with Crippen LogP contribution in [0.3, 0.4) is 0 Å². The Balaban J connectivity index is 2.75. The number of rotatable bonds is 2. The van der Waals surface area contributed by atoms with Crippen LogP contribution in [0, 0.1) is 11.3 Å². The van der Waals surface area contributed by atoms with Gasteiger partial charge in [-0.3, -0.25) is 0 Å². The van der Waals surface area contributed by atoms with Crippen molar-refractivity contribution in [3.63, 3.8) is 0 Å². The van der Waals surface area contributed by atoms with E-state index in [9.17, 15) is 4.79 Å². The zero-order valence-electron chi connectivity index (χ0n) is 9.17. The number of hydrogen-bond donors (Lipinski definition) is 1. The van der Waals surface area contributed by atoms with Gasteiger partial charge in [0.1, 0.15) is 11.8 Å². The van der Waals surface area contributed by atoms with Crippen LogP contribution in [0.4, 0.5) is 0 Å². The van der Waals surface area contributed by atoms with E-state index in [-0.39, 0.29) is 6.61 Å². The minimum atomic E-state index is -0.472. The second kappa shape index (κ2) is 4.52. The molecule has 0 amide bonds. The van der Waals surface area contributed by atoms with Crippen LogP contribution in [0.5, 0.6) is 0 Å². The van der Waals surface area contributed by atoms with Gasteiger partial charge >= 0.3 is 5.97 Å². The largest absolute Gasteiger partial charge is 0.461 e.